The summed E-state index contributed by atoms with van der Waals surface area (Å²) in [6.45, 7) is 2.61. The highest BCUT2D eigenvalue weighted by Crippen LogP contribution is 2.26. The number of carbonyl (C=O) groups is 1. The fourth-order valence-electron chi connectivity index (χ4n) is 4.78. The van der Waals surface area contributed by atoms with Crippen molar-refractivity contribution in [2.24, 2.45) is 13.0 Å². The van der Waals surface area contributed by atoms with Crippen LogP contribution in [0.1, 0.15) is 12.8 Å². The number of rotatable bonds is 4. The molecule has 5 rings (SSSR count). The number of piperidine rings is 1. The van der Waals surface area contributed by atoms with E-state index in [1.807, 2.05) is 0 Å². The smallest absolute Gasteiger partial charge is 0.266 e. The first-order chi connectivity index (χ1) is 16.7. The third kappa shape index (κ3) is 4.67. The van der Waals surface area contributed by atoms with Crippen LogP contribution in [0.3, 0.4) is 0 Å². The van der Waals surface area contributed by atoms with Gasteiger partial charge in [0.05, 0.1) is 0 Å². The molecule has 10 nitrogen and oxygen atoms in total. The van der Waals surface area contributed by atoms with Crippen LogP contribution in [0.5, 0.6) is 0 Å². The van der Waals surface area contributed by atoms with Crippen molar-refractivity contribution in [2.75, 3.05) is 44.2 Å². The predicted molar refractivity (Wildman–Crippen MR) is 133 cm³/mol. The van der Waals surface area contributed by atoms with Gasteiger partial charge in [0, 0.05) is 74.2 Å². The molecule has 0 aliphatic carbocycles. The van der Waals surface area contributed by atoms with Crippen molar-refractivity contribution in [2.45, 2.75) is 17.9 Å². The second kappa shape index (κ2) is 9.29. The number of hydrogen-bond donors (Lipinski definition) is 1. The highest BCUT2D eigenvalue weighted by Gasteiger charge is 2.34. The summed E-state index contributed by atoms with van der Waals surface area (Å²) in [4.78, 5) is 31.5. The average Bonchev–Trinajstić information content (AvgIpc) is 3.30. The minimum absolute atomic E-state index is 0.0790. The van der Waals surface area contributed by atoms with E-state index in [4.69, 9.17) is 11.6 Å². The van der Waals surface area contributed by atoms with E-state index in [2.05, 4.69) is 15.0 Å². The minimum atomic E-state index is -3.70. The maximum atomic E-state index is 13.2. The number of H-pyrrole nitrogens is 1. The first-order valence-corrected chi connectivity index (χ1v) is 13.4. The summed E-state index contributed by atoms with van der Waals surface area (Å²) >= 11 is 6.02. The van der Waals surface area contributed by atoms with Crippen LogP contribution in [0.2, 0.25) is 5.02 Å². The van der Waals surface area contributed by atoms with Gasteiger partial charge < -0.3 is 14.8 Å². The van der Waals surface area contributed by atoms with E-state index in [1.165, 1.54) is 15.1 Å². The Balaban J connectivity index is 1.18. The quantitative estimate of drug-likeness (QED) is 0.562. The zero-order chi connectivity index (χ0) is 24.7. The number of benzene rings is 1. The lowest BCUT2D eigenvalue weighted by molar-refractivity contribution is -0.137. The normalized spacial score (nSPS) is 18.3. The first-order valence-electron chi connectivity index (χ1n) is 11.6. The molecular weight excluding hydrogens is 492 g/mol. The van der Waals surface area contributed by atoms with Crippen molar-refractivity contribution in [3.05, 3.63) is 51.8 Å². The van der Waals surface area contributed by atoms with Gasteiger partial charge in [0.2, 0.25) is 5.91 Å². The molecule has 0 bridgehead atoms. The molecule has 2 aliphatic rings. The summed E-state index contributed by atoms with van der Waals surface area (Å²) in [6.07, 6.45) is 1.39. The predicted octanol–water partition coefficient (Wildman–Crippen LogP) is 1.66. The van der Waals surface area contributed by atoms with E-state index in [9.17, 15) is 18.0 Å². The Morgan fingerprint density at radius 3 is 2.43 bits per heavy atom. The molecule has 4 heterocycles. The van der Waals surface area contributed by atoms with Gasteiger partial charge >= 0.3 is 0 Å². The van der Waals surface area contributed by atoms with Crippen molar-refractivity contribution in [3.8, 4) is 0 Å². The van der Waals surface area contributed by atoms with Crippen LogP contribution in [0.4, 0.5) is 5.82 Å². The molecule has 1 aromatic carbocycles. The van der Waals surface area contributed by atoms with Crippen molar-refractivity contribution in [1.29, 1.82) is 0 Å². The summed E-state index contributed by atoms with van der Waals surface area (Å²) in [5, 5.41) is 5.71. The molecular formula is C23H27ClN6O4S. The number of aromatic amines is 1. The zero-order valence-corrected chi connectivity index (χ0v) is 20.9. The molecule has 35 heavy (non-hydrogen) atoms. The largest absolute Gasteiger partial charge is 0.355 e. The number of sulfonamides is 1. The Bertz CT molecular complexity index is 1420. The van der Waals surface area contributed by atoms with Gasteiger partial charge in [0.25, 0.3) is 15.6 Å². The number of anilines is 1. The molecule has 2 saturated heterocycles. The van der Waals surface area contributed by atoms with Gasteiger partial charge in [-0.15, -0.1) is 0 Å². The molecule has 2 aromatic heterocycles. The molecule has 2 fully saturated rings. The molecule has 2 aliphatic heterocycles. The molecule has 0 saturated carbocycles. The van der Waals surface area contributed by atoms with E-state index in [-0.39, 0.29) is 35.5 Å². The second-order valence-electron chi connectivity index (χ2n) is 9.01. The van der Waals surface area contributed by atoms with Gasteiger partial charge in [0.15, 0.2) is 0 Å². The summed E-state index contributed by atoms with van der Waals surface area (Å²) in [7, 11) is -2.08. The highest BCUT2D eigenvalue weighted by atomic mass is 35.5. The molecule has 186 valence electrons. The van der Waals surface area contributed by atoms with E-state index in [1.54, 1.807) is 42.3 Å². The van der Waals surface area contributed by atoms with Crippen molar-refractivity contribution < 1.29 is 13.2 Å². The molecule has 12 heteroatoms. The minimum Gasteiger partial charge on any atom is -0.355 e. The molecule has 1 amide bonds. The number of halogens is 1. The van der Waals surface area contributed by atoms with Gasteiger partial charge in [-0.05, 0) is 43.2 Å². The summed E-state index contributed by atoms with van der Waals surface area (Å²) in [5.74, 6) is 0.715. The van der Waals surface area contributed by atoms with Crippen molar-refractivity contribution in [1.82, 2.24) is 24.0 Å². The van der Waals surface area contributed by atoms with Crippen molar-refractivity contribution >= 4 is 44.3 Å². The van der Waals surface area contributed by atoms with Gasteiger partial charge in [0.1, 0.15) is 10.8 Å². The third-order valence-corrected chi connectivity index (χ3v) is 8.90. The number of amides is 1. The Kier molecular flexibility index (Phi) is 6.32. The van der Waals surface area contributed by atoms with Crippen LogP contribution < -0.4 is 10.5 Å². The Morgan fingerprint density at radius 2 is 1.74 bits per heavy atom. The van der Waals surface area contributed by atoms with Gasteiger partial charge in [-0.1, -0.05) is 11.6 Å². The first kappa shape index (κ1) is 23.8. The third-order valence-electron chi connectivity index (χ3n) is 6.84. The molecule has 0 atom stereocenters. The SMILES string of the molecule is Cn1nc(N2CCC(C(=O)N3CCN(S(=O)(=O)c4cc5cc(Cl)ccc5[nH]4)CC3)CC2)ccc1=O. The maximum Gasteiger partial charge on any atom is 0.266 e. The van der Waals surface area contributed by atoms with Gasteiger partial charge in [-0.2, -0.15) is 9.40 Å². The van der Waals surface area contributed by atoms with E-state index < -0.39 is 10.0 Å². The summed E-state index contributed by atoms with van der Waals surface area (Å²) in [6, 6.07) is 10.0. The zero-order valence-electron chi connectivity index (χ0n) is 19.4. The van der Waals surface area contributed by atoms with Gasteiger partial charge in [-0.25, -0.2) is 13.1 Å². The van der Waals surface area contributed by atoms with Crippen molar-refractivity contribution in [3.63, 3.8) is 0 Å². The molecule has 3 aromatic rings. The molecule has 0 spiro atoms. The number of fused-ring (bicyclic) bond motifs is 1. The second-order valence-corrected chi connectivity index (χ2v) is 11.4. The number of hydrogen-bond acceptors (Lipinski definition) is 6. The lowest BCUT2D eigenvalue weighted by atomic mass is 9.95. The number of carbonyl (C=O) groups excluding carboxylic acids is 1. The van der Waals surface area contributed by atoms with Crippen LogP contribution in [-0.4, -0.2) is 77.6 Å². The van der Waals surface area contributed by atoms with Crippen LogP contribution >= 0.6 is 11.6 Å². The Morgan fingerprint density at radius 1 is 1.03 bits per heavy atom. The van der Waals surface area contributed by atoms with Crippen LogP contribution in [-0.2, 0) is 21.9 Å². The summed E-state index contributed by atoms with van der Waals surface area (Å²) in [5.41, 5.74) is 0.551. The Labute approximate surface area is 208 Å². The number of aromatic nitrogens is 3. The summed E-state index contributed by atoms with van der Waals surface area (Å²) < 4.78 is 29.1. The highest BCUT2D eigenvalue weighted by molar-refractivity contribution is 7.89. The van der Waals surface area contributed by atoms with E-state index >= 15 is 0 Å². The standard InChI is InChI=1S/C23H27ClN6O4S/c1-27-22(31)5-4-20(26-27)28-8-6-16(7-9-28)23(32)29-10-12-30(13-11-29)35(33,34)21-15-17-14-18(24)2-3-19(17)25-21/h2-5,14-16,25H,6-13H2,1H3. The molecule has 0 unspecified atom stereocenters. The fraction of sp³-hybridized carbons (Fsp3) is 0.435. The number of aryl methyl sites for hydroxylation is 1. The molecule has 0 radical (unpaired) electrons. The number of nitrogens with one attached hydrogen (secondary N) is 1. The number of piperazine rings is 1. The lowest BCUT2D eigenvalue weighted by Crippen LogP contribution is -2.53. The monoisotopic (exact) mass is 518 g/mol. The topological polar surface area (TPSA) is 112 Å². The fourth-order valence-corrected chi connectivity index (χ4v) is 6.39. The average molecular weight is 519 g/mol. The van der Waals surface area contributed by atoms with Crippen LogP contribution in [0, 0.1) is 5.92 Å². The van der Waals surface area contributed by atoms with Gasteiger partial charge in [-0.3, -0.25) is 9.59 Å². The van der Waals surface area contributed by atoms with Crippen LogP contribution in [0.15, 0.2) is 46.2 Å². The van der Waals surface area contributed by atoms with E-state index in [0.717, 1.165) is 11.2 Å². The molecule has 1 N–H and O–H groups in total. The van der Waals surface area contributed by atoms with Crippen LogP contribution in [0.25, 0.3) is 10.9 Å². The maximum absolute atomic E-state index is 13.2. The Hall–Kier alpha value is -2.89. The van der Waals surface area contributed by atoms with E-state index in [0.29, 0.717) is 49.6 Å². The number of nitrogens with zero attached hydrogens (tertiary/aromatic N) is 5. The lowest BCUT2D eigenvalue weighted by Gasteiger charge is -2.38.